The van der Waals surface area contributed by atoms with E-state index in [0.717, 1.165) is 25.7 Å². The van der Waals surface area contributed by atoms with Gasteiger partial charge in [-0.25, -0.2) is 4.79 Å². The summed E-state index contributed by atoms with van der Waals surface area (Å²) in [5.41, 5.74) is 1.44. The lowest BCUT2D eigenvalue weighted by Gasteiger charge is -2.23. The van der Waals surface area contributed by atoms with Gasteiger partial charge in [0.15, 0.2) is 0 Å². The number of anilines is 2. The van der Waals surface area contributed by atoms with Gasteiger partial charge in [-0.3, -0.25) is 9.59 Å². The Hall–Kier alpha value is -3.06. The minimum atomic E-state index is -0.411. The van der Waals surface area contributed by atoms with Gasteiger partial charge in [-0.1, -0.05) is 43.0 Å². The maximum absolute atomic E-state index is 12.9. The van der Waals surface area contributed by atoms with Crippen molar-refractivity contribution in [2.75, 3.05) is 10.6 Å². The molecule has 4 amide bonds. The van der Waals surface area contributed by atoms with Crippen molar-refractivity contribution in [2.24, 2.45) is 0 Å². The van der Waals surface area contributed by atoms with Gasteiger partial charge in [0, 0.05) is 17.8 Å². The summed E-state index contributed by atoms with van der Waals surface area (Å²) in [7, 11) is 0. The van der Waals surface area contributed by atoms with Crippen LogP contribution in [0.15, 0.2) is 42.5 Å². The molecule has 3 rings (SSSR count). The number of benzene rings is 2. The quantitative estimate of drug-likeness (QED) is 0.481. The van der Waals surface area contributed by atoms with Crippen molar-refractivity contribution in [1.29, 1.82) is 0 Å². The maximum atomic E-state index is 12.9. The molecule has 0 bridgehead atoms. The first-order chi connectivity index (χ1) is 15.3. The highest BCUT2D eigenvalue weighted by Crippen LogP contribution is 2.24. The highest BCUT2D eigenvalue weighted by Gasteiger charge is 2.20. The Bertz CT molecular complexity index is 987. The van der Waals surface area contributed by atoms with Crippen LogP contribution >= 0.6 is 11.6 Å². The minimum Gasteiger partial charge on any atom is -0.349 e. The molecule has 0 atom stereocenters. The molecule has 1 saturated carbocycles. The predicted molar refractivity (Wildman–Crippen MR) is 127 cm³/mol. The van der Waals surface area contributed by atoms with E-state index in [4.69, 9.17) is 11.6 Å². The van der Waals surface area contributed by atoms with Crippen molar-refractivity contribution in [3.63, 3.8) is 0 Å². The second-order valence-electron chi connectivity index (χ2n) is 8.26. The fourth-order valence-corrected chi connectivity index (χ4v) is 3.90. The van der Waals surface area contributed by atoms with Crippen LogP contribution < -0.4 is 21.3 Å². The molecule has 0 heterocycles. The SMILES string of the molecule is CC(C)NC(=O)Nc1ccccc1C(=O)Nc1ccc(Cl)c(C(=O)NC2CCCCC2)c1. The summed E-state index contributed by atoms with van der Waals surface area (Å²) >= 11 is 6.26. The van der Waals surface area contributed by atoms with E-state index in [1.165, 1.54) is 6.42 Å². The number of hydrogen-bond donors (Lipinski definition) is 4. The van der Waals surface area contributed by atoms with E-state index in [1.807, 2.05) is 13.8 Å². The van der Waals surface area contributed by atoms with Crippen LogP contribution in [-0.2, 0) is 0 Å². The number of nitrogens with one attached hydrogen (secondary N) is 4. The van der Waals surface area contributed by atoms with E-state index in [9.17, 15) is 14.4 Å². The second kappa shape index (κ2) is 11.0. The molecular weight excluding hydrogens is 428 g/mol. The number of amides is 4. The highest BCUT2D eigenvalue weighted by molar-refractivity contribution is 6.34. The molecule has 0 aromatic heterocycles. The molecule has 32 heavy (non-hydrogen) atoms. The summed E-state index contributed by atoms with van der Waals surface area (Å²) in [5, 5.41) is 11.6. The normalized spacial score (nSPS) is 14.0. The van der Waals surface area contributed by atoms with Gasteiger partial charge in [0.25, 0.3) is 11.8 Å². The van der Waals surface area contributed by atoms with Crippen LogP contribution in [0.4, 0.5) is 16.2 Å². The number of halogens is 1. The number of urea groups is 1. The summed E-state index contributed by atoms with van der Waals surface area (Å²) in [6, 6.07) is 11.2. The van der Waals surface area contributed by atoms with Gasteiger partial charge in [0.05, 0.1) is 21.8 Å². The van der Waals surface area contributed by atoms with Crippen molar-refractivity contribution in [2.45, 2.75) is 58.0 Å². The van der Waals surface area contributed by atoms with Crippen molar-refractivity contribution < 1.29 is 14.4 Å². The molecule has 0 saturated heterocycles. The van der Waals surface area contributed by atoms with Crippen LogP contribution in [0.5, 0.6) is 0 Å². The van der Waals surface area contributed by atoms with Crippen LogP contribution in [0.3, 0.4) is 0 Å². The molecule has 1 aliphatic rings. The molecule has 0 aliphatic heterocycles. The topological polar surface area (TPSA) is 99.3 Å². The number of hydrogen-bond acceptors (Lipinski definition) is 3. The molecule has 1 aliphatic carbocycles. The van der Waals surface area contributed by atoms with Crippen molar-refractivity contribution in [1.82, 2.24) is 10.6 Å². The second-order valence-corrected chi connectivity index (χ2v) is 8.66. The van der Waals surface area contributed by atoms with E-state index in [2.05, 4.69) is 21.3 Å². The van der Waals surface area contributed by atoms with Gasteiger partial charge in [0.2, 0.25) is 0 Å². The minimum absolute atomic E-state index is 0.0387. The van der Waals surface area contributed by atoms with Crippen LogP contribution in [0, 0.1) is 0 Å². The Morgan fingerprint density at radius 1 is 0.906 bits per heavy atom. The van der Waals surface area contributed by atoms with Crippen LogP contribution in [-0.4, -0.2) is 29.9 Å². The zero-order valence-electron chi connectivity index (χ0n) is 18.3. The lowest BCUT2D eigenvalue weighted by Crippen LogP contribution is -2.36. The standard InChI is InChI=1S/C24H29ClN4O3/c1-15(2)26-24(32)29-21-11-7-6-10-18(21)22(30)28-17-12-13-20(25)19(14-17)23(31)27-16-8-4-3-5-9-16/h6-7,10-16H,3-5,8-9H2,1-2H3,(H,27,31)(H,28,30)(H2,26,29,32). The van der Waals surface area contributed by atoms with E-state index in [-0.39, 0.29) is 18.0 Å². The summed E-state index contributed by atoms with van der Waals surface area (Å²) in [4.78, 5) is 37.7. The molecule has 1 fully saturated rings. The lowest BCUT2D eigenvalue weighted by atomic mass is 9.95. The first kappa shape index (κ1) is 23.6. The summed E-state index contributed by atoms with van der Waals surface area (Å²) in [5.74, 6) is -0.656. The van der Waals surface area contributed by atoms with E-state index >= 15 is 0 Å². The van der Waals surface area contributed by atoms with E-state index in [1.54, 1.807) is 42.5 Å². The van der Waals surface area contributed by atoms with Crippen LogP contribution in [0.1, 0.15) is 66.7 Å². The maximum Gasteiger partial charge on any atom is 0.319 e. The Labute approximate surface area is 193 Å². The van der Waals surface area contributed by atoms with Gasteiger partial charge >= 0.3 is 6.03 Å². The number of rotatable bonds is 6. The Morgan fingerprint density at radius 3 is 2.34 bits per heavy atom. The van der Waals surface area contributed by atoms with Gasteiger partial charge in [-0.2, -0.15) is 0 Å². The third-order valence-corrected chi connectivity index (χ3v) is 5.58. The number of carbonyl (C=O) groups is 3. The largest absolute Gasteiger partial charge is 0.349 e. The average Bonchev–Trinajstić information content (AvgIpc) is 2.75. The molecule has 7 nitrogen and oxygen atoms in total. The third-order valence-electron chi connectivity index (χ3n) is 5.25. The molecular formula is C24H29ClN4O3. The number of para-hydroxylation sites is 1. The van der Waals surface area contributed by atoms with Gasteiger partial charge in [0.1, 0.15) is 0 Å². The van der Waals surface area contributed by atoms with Crippen LogP contribution in [0.2, 0.25) is 5.02 Å². The first-order valence-electron chi connectivity index (χ1n) is 10.9. The molecule has 0 spiro atoms. The Morgan fingerprint density at radius 2 is 1.62 bits per heavy atom. The van der Waals surface area contributed by atoms with Gasteiger partial charge in [-0.05, 0) is 57.0 Å². The summed E-state index contributed by atoms with van der Waals surface area (Å²) in [6.45, 7) is 3.70. The van der Waals surface area contributed by atoms with Crippen LogP contribution in [0.25, 0.3) is 0 Å². The lowest BCUT2D eigenvalue weighted by molar-refractivity contribution is 0.0926. The van der Waals surface area contributed by atoms with E-state index < -0.39 is 11.9 Å². The fraction of sp³-hybridized carbons (Fsp3) is 0.375. The predicted octanol–water partition coefficient (Wildman–Crippen LogP) is 5.18. The van der Waals surface area contributed by atoms with Gasteiger partial charge in [-0.15, -0.1) is 0 Å². The third kappa shape index (κ3) is 6.47. The van der Waals surface area contributed by atoms with Gasteiger partial charge < -0.3 is 21.3 Å². The molecule has 170 valence electrons. The monoisotopic (exact) mass is 456 g/mol. The first-order valence-corrected chi connectivity index (χ1v) is 11.3. The molecule has 2 aromatic rings. The zero-order chi connectivity index (χ0) is 23.1. The molecule has 0 unspecified atom stereocenters. The highest BCUT2D eigenvalue weighted by atomic mass is 35.5. The summed E-state index contributed by atoms with van der Waals surface area (Å²) in [6.07, 6.45) is 5.35. The number of carbonyl (C=O) groups excluding carboxylic acids is 3. The molecule has 0 radical (unpaired) electrons. The average molecular weight is 457 g/mol. The fourth-order valence-electron chi connectivity index (χ4n) is 3.70. The smallest absolute Gasteiger partial charge is 0.319 e. The van der Waals surface area contributed by atoms with E-state index in [0.29, 0.717) is 27.5 Å². The molecule has 2 aromatic carbocycles. The Kier molecular flexibility index (Phi) is 8.11. The molecule has 8 heteroatoms. The van der Waals surface area contributed by atoms with Crippen molar-refractivity contribution >= 4 is 40.8 Å². The Balaban J connectivity index is 1.72. The summed E-state index contributed by atoms with van der Waals surface area (Å²) < 4.78 is 0. The zero-order valence-corrected chi connectivity index (χ0v) is 19.1. The van der Waals surface area contributed by atoms with Crippen molar-refractivity contribution in [3.05, 3.63) is 58.6 Å². The van der Waals surface area contributed by atoms with Crippen molar-refractivity contribution in [3.8, 4) is 0 Å². The molecule has 4 N–H and O–H groups in total.